The lowest BCUT2D eigenvalue weighted by Gasteiger charge is -2.24. The molecule has 146 valence electrons. The molecule has 0 aliphatic carbocycles. The van der Waals surface area contributed by atoms with Crippen molar-refractivity contribution in [2.45, 2.75) is 18.8 Å². The number of halogens is 2. The average Bonchev–Trinajstić information content (AvgIpc) is 3.11. The van der Waals surface area contributed by atoms with E-state index < -0.39 is 6.10 Å². The first-order valence-electron chi connectivity index (χ1n) is 8.47. The molecule has 0 saturated heterocycles. The first-order valence-corrected chi connectivity index (χ1v) is 10.1. The van der Waals surface area contributed by atoms with Crippen LogP contribution in [0.4, 0.5) is 5.69 Å². The van der Waals surface area contributed by atoms with Gasteiger partial charge in [0.1, 0.15) is 11.4 Å². The van der Waals surface area contributed by atoms with Gasteiger partial charge in [-0.15, -0.1) is 0 Å². The van der Waals surface area contributed by atoms with Gasteiger partial charge in [-0.05, 0) is 42.8 Å². The molecule has 0 N–H and O–H groups in total. The summed E-state index contributed by atoms with van der Waals surface area (Å²) in [7, 11) is 0. The number of fused-ring (bicyclic) bond motifs is 1. The minimum Gasteiger partial charge on any atom is -0.460 e. The van der Waals surface area contributed by atoms with Crippen LogP contribution in [0.3, 0.4) is 0 Å². The summed E-state index contributed by atoms with van der Waals surface area (Å²) < 4.78 is 18.4. The van der Waals surface area contributed by atoms with E-state index in [1.807, 2.05) is 6.92 Å². The van der Waals surface area contributed by atoms with Gasteiger partial charge >= 0.3 is 11.7 Å². The molecule has 2 aromatic heterocycles. The predicted molar refractivity (Wildman–Crippen MR) is 110 cm³/mol. The third kappa shape index (κ3) is 3.66. The highest BCUT2D eigenvalue weighted by molar-refractivity contribution is 7.64. The zero-order valence-electron chi connectivity index (χ0n) is 15.0. The number of aromatic nitrogens is 3. The van der Waals surface area contributed by atoms with Crippen LogP contribution in [0.25, 0.3) is 5.82 Å². The van der Waals surface area contributed by atoms with Crippen molar-refractivity contribution in [1.29, 1.82) is 0 Å². The number of aryl methyl sites for hydroxylation is 1. The molecule has 0 bridgehead atoms. The summed E-state index contributed by atoms with van der Waals surface area (Å²) in [6.07, 6.45) is 1.38. The van der Waals surface area contributed by atoms with Crippen molar-refractivity contribution < 1.29 is 13.7 Å². The number of aliphatic imine (C=N–C) groups is 1. The van der Waals surface area contributed by atoms with Crippen molar-refractivity contribution in [3.63, 3.8) is 0 Å². The quantitative estimate of drug-likeness (QED) is 0.432. The van der Waals surface area contributed by atoms with Gasteiger partial charge in [0.15, 0.2) is 18.2 Å². The van der Waals surface area contributed by atoms with Crippen molar-refractivity contribution in [3.05, 3.63) is 69.1 Å². The first kappa shape index (κ1) is 19.6. The number of carbonyl (C=O) groups excluding carboxylic acids is 1. The standard InChI is InChI=1S/C19H13Cl2N4O3S/c1-10-5-11(20)6-13-16(8-26)28-19(23-17(10)13)15-7-12(9-29-27)24-25(15)18-14(21)3-2-4-22-18/h2-8,16H,9H2,1H3/q+1. The van der Waals surface area contributed by atoms with E-state index in [1.54, 1.807) is 36.5 Å². The fraction of sp³-hybridized carbons (Fsp3) is 0.158. The summed E-state index contributed by atoms with van der Waals surface area (Å²) in [6, 6.07) is 8.48. The lowest BCUT2D eigenvalue weighted by atomic mass is 10.0. The highest BCUT2D eigenvalue weighted by Gasteiger charge is 2.30. The van der Waals surface area contributed by atoms with E-state index in [9.17, 15) is 9.00 Å². The average molecular weight is 448 g/mol. The maximum absolute atomic E-state index is 11.7. The van der Waals surface area contributed by atoms with E-state index in [4.69, 9.17) is 27.9 Å². The smallest absolute Gasteiger partial charge is 0.460 e. The molecule has 1 aliphatic rings. The Morgan fingerprint density at radius 2 is 2.14 bits per heavy atom. The molecule has 29 heavy (non-hydrogen) atoms. The third-order valence-corrected chi connectivity index (χ3v) is 5.23. The topological polar surface area (TPSA) is 86.4 Å². The van der Waals surface area contributed by atoms with Crippen LogP contribution in [0, 0.1) is 6.92 Å². The van der Waals surface area contributed by atoms with Gasteiger partial charge in [0.25, 0.3) is 5.75 Å². The second-order valence-electron chi connectivity index (χ2n) is 6.26. The Morgan fingerprint density at radius 3 is 2.86 bits per heavy atom. The Morgan fingerprint density at radius 1 is 1.31 bits per heavy atom. The Balaban J connectivity index is 1.92. The molecule has 1 atom stereocenters. The fourth-order valence-electron chi connectivity index (χ4n) is 3.07. The summed E-state index contributed by atoms with van der Waals surface area (Å²) in [5, 5.41) is 5.29. The van der Waals surface area contributed by atoms with Crippen molar-refractivity contribution in [2.75, 3.05) is 0 Å². The van der Waals surface area contributed by atoms with E-state index >= 15 is 0 Å². The molecule has 4 rings (SSSR count). The van der Waals surface area contributed by atoms with Gasteiger partial charge in [0.2, 0.25) is 5.90 Å². The SMILES string of the molecule is Cc1cc(Cl)cc2c1N=C(c1cc(C[S+]=O)nn1-c1ncccc1Cl)OC2C=O. The molecule has 0 spiro atoms. The first-order chi connectivity index (χ1) is 14.0. The van der Waals surface area contributed by atoms with E-state index in [0.717, 1.165) is 5.56 Å². The van der Waals surface area contributed by atoms with E-state index in [1.165, 1.54) is 4.68 Å². The monoisotopic (exact) mass is 447 g/mol. The number of aldehydes is 1. The van der Waals surface area contributed by atoms with Gasteiger partial charge in [-0.25, -0.2) is 14.7 Å². The van der Waals surface area contributed by atoms with Crippen molar-refractivity contribution in [1.82, 2.24) is 14.8 Å². The maximum atomic E-state index is 11.7. The van der Waals surface area contributed by atoms with Crippen LogP contribution in [0.2, 0.25) is 10.0 Å². The lowest BCUT2D eigenvalue weighted by molar-refractivity contribution is -0.114. The Labute approximate surface area is 179 Å². The summed E-state index contributed by atoms with van der Waals surface area (Å²) in [4.78, 5) is 20.6. The van der Waals surface area contributed by atoms with Crippen molar-refractivity contribution >= 4 is 52.7 Å². The Hall–Kier alpha value is -2.68. The maximum Gasteiger partial charge on any atom is 0.465 e. The number of hydrogen-bond acceptors (Lipinski definition) is 6. The number of benzene rings is 1. The molecule has 3 aromatic rings. The number of hydrogen-bond donors (Lipinski definition) is 0. The van der Waals surface area contributed by atoms with Gasteiger partial charge in [0.05, 0.1) is 10.7 Å². The van der Waals surface area contributed by atoms with Crippen LogP contribution >= 0.6 is 23.2 Å². The summed E-state index contributed by atoms with van der Waals surface area (Å²) in [6.45, 7) is 1.85. The summed E-state index contributed by atoms with van der Waals surface area (Å²) in [5.41, 5.74) is 2.94. The van der Waals surface area contributed by atoms with Crippen LogP contribution in [0.15, 0.2) is 41.5 Å². The van der Waals surface area contributed by atoms with Crippen LogP contribution in [0.5, 0.6) is 0 Å². The Kier molecular flexibility index (Phi) is 5.40. The van der Waals surface area contributed by atoms with Gasteiger partial charge in [-0.2, -0.15) is 5.10 Å². The molecule has 0 amide bonds. The minimum atomic E-state index is -0.880. The molecular weight excluding hydrogens is 435 g/mol. The van der Waals surface area contributed by atoms with Crippen LogP contribution < -0.4 is 0 Å². The zero-order chi connectivity index (χ0) is 20.5. The molecule has 1 aliphatic heterocycles. The molecule has 0 radical (unpaired) electrons. The molecule has 3 heterocycles. The highest BCUT2D eigenvalue weighted by Crippen LogP contribution is 2.38. The largest absolute Gasteiger partial charge is 0.465 e. The van der Waals surface area contributed by atoms with Gasteiger partial charge in [-0.1, -0.05) is 23.2 Å². The van der Waals surface area contributed by atoms with E-state index in [0.29, 0.717) is 56.5 Å². The second kappa shape index (κ2) is 7.98. The number of ether oxygens (including phenoxy) is 1. The van der Waals surface area contributed by atoms with E-state index in [2.05, 4.69) is 15.1 Å². The molecule has 1 unspecified atom stereocenters. The number of nitrogens with zero attached hydrogens (tertiary/aromatic N) is 4. The van der Waals surface area contributed by atoms with Crippen LogP contribution in [-0.4, -0.2) is 26.9 Å². The van der Waals surface area contributed by atoms with Gasteiger partial charge < -0.3 is 4.74 Å². The third-order valence-electron chi connectivity index (χ3n) is 4.30. The molecule has 0 saturated carbocycles. The summed E-state index contributed by atoms with van der Waals surface area (Å²) >= 11 is 12.8. The van der Waals surface area contributed by atoms with Crippen molar-refractivity contribution in [3.8, 4) is 5.82 Å². The zero-order valence-corrected chi connectivity index (χ0v) is 17.3. The molecule has 0 fully saturated rings. The summed E-state index contributed by atoms with van der Waals surface area (Å²) in [5.74, 6) is 0.676. The van der Waals surface area contributed by atoms with E-state index in [-0.39, 0.29) is 11.7 Å². The molecule has 7 nitrogen and oxygen atoms in total. The predicted octanol–water partition coefficient (Wildman–Crippen LogP) is 4.16. The van der Waals surface area contributed by atoms with Gasteiger partial charge in [-0.3, -0.25) is 4.79 Å². The fourth-order valence-corrected chi connectivity index (χ4v) is 3.81. The molecular formula is C19H13Cl2N4O3S+. The minimum absolute atomic E-state index is 0.139. The van der Waals surface area contributed by atoms with Gasteiger partial charge in [0, 0.05) is 21.0 Å². The lowest BCUT2D eigenvalue weighted by Crippen LogP contribution is -2.21. The van der Waals surface area contributed by atoms with Crippen LogP contribution in [0.1, 0.15) is 28.6 Å². The van der Waals surface area contributed by atoms with Crippen LogP contribution in [-0.2, 0) is 31.2 Å². The highest BCUT2D eigenvalue weighted by atomic mass is 35.5. The molecule has 10 heteroatoms. The normalized spacial score (nSPS) is 15.3. The second-order valence-corrected chi connectivity index (χ2v) is 7.62. The number of pyridine rings is 1. The number of rotatable bonds is 5. The number of carbonyl (C=O) groups is 1. The Bertz CT molecular complexity index is 1160. The molecule has 1 aromatic carbocycles. The van der Waals surface area contributed by atoms with Crippen molar-refractivity contribution in [2.24, 2.45) is 4.99 Å².